The molecule has 0 saturated heterocycles. The van der Waals surface area contributed by atoms with Crippen molar-refractivity contribution in [1.82, 2.24) is 0 Å². The molecule has 0 unspecified atom stereocenters. The molecule has 0 aromatic heterocycles. The zero-order valence-electron chi connectivity index (χ0n) is 10.8. The summed E-state index contributed by atoms with van der Waals surface area (Å²) in [7, 11) is 0. The summed E-state index contributed by atoms with van der Waals surface area (Å²) in [6.07, 6.45) is 1.42. The van der Waals surface area contributed by atoms with Gasteiger partial charge < -0.3 is 10.6 Å². The second-order valence-electron chi connectivity index (χ2n) is 4.22. The van der Waals surface area contributed by atoms with Crippen molar-refractivity contribution in [2.75, 3.05) is 10.6 Å². The van der Waals surface area contributed by atoms with Gasteiger partial charge in [0.1, 0.15) is 17.7 Å². The van der Waals surface area contributed by atoms with E-state index in [-0.39, 0.29) is 5.57 Å². The Bertz CT molecular complexity index is 514. The van der Waals surface area contributed by atoms with Crippen molar-refractivity contribution < 1.29 is 0 Å². The van der Waals surface area contributed by atoms with Gasteiger partial charge in [0.25, 0.3) is 0 Å². The molecule has 0 fully saturated rings. The van der Waals surface area contributed by atoms with Crippen molar-refractivity contribution in [3.05, 3.63) is 35.5 Å². The van der Waals surface area contributed by atoms with Crippen molar-refractivity contribution in [2.45, 2.75) is 26.8 Å². The third-order valence-electron chi connectivity index (χ3n) is 2.32. The summed E-state index contributed by atoms with van der Waals surface area (Å²) in [6, 6.07) is 9.77. The Hall–Kier alpha value is -2.46. The zero-order valence-corrected chi connectivity index (χ0v) is 10.8. The number of anilines is 2. The van der Waals surface area contributed by atoms with Crippen LogP contribution >= 0.6 is 0 Å². The highest BCUT2D eigenvalue weighted by molar-refractivity contribution is 5.73. The minimum Gasteiger partial charge on any atom is -0.381 e. The average molecular weight is 240 g/mol. The van der Waals surface area contributed by atoms with Gasteiger partial charge in [-0.25, -0.2) is 0 Å². The molecule has 0 saturated carbocycles. The van der Waals surface area contributed by atoms with Crippen LogP contribution in [0.3, 0.4) is 0 Å². The fraction of sp³-hybridized carbons (Fsp3) is 0.286. The molecule has 0 aliphatic carbocycles. The van der Waals surface area contributed by atoms with Crippen LogP contribution in [0.25, 0.3) is 0 Å². The molecule has 0 aliphatic heterocycles. The predicted octanol–water partition coefficient (Wildman–Crippen LogP) is 3.16. The summed E-state index contributed by atoms with van der Waals surface area (Å²) >= 11 is 0. The third-order valence-corrected chi connectivity index (χ3v) is 2.32. The SMILES string of the molecule is Cc1cccc(NC=C(C#N)C#N)c1NC(C)C. The number of hydrogen-bond donors (Lipinski definition) is 2. The van der Waals surface area contributed by atoms with Crippen LogP contribution in [0.15, 0.2) is 30.0 Å². The Morgan fingerprint density at radius 1 is 1.28 bits per heavy atom. The summed E-state index contributed by atoms with van der Waals surface area (Å²) in [6.45, 7) is 6.12. The summed E-state index contributed by atoms with van der Waals surface area (Å²) < 4.78 is 0. The standard InChI is InChI=1S/C14H16N4/c1-10(2)18-14-11(3)5-4-6-13(14)17-9-12(7-15)8-16/h4-6,9-10,17-18H,1-3H3. The van der Waals surface area contributed by atoms with Crippen molar-refractivity contribution in [1.29, 1.82) is 10.5 Å². The first-order valence-corrected chi connectivity index (χ1v) is 5.71. The van der Waals surface area contributed by atoms with Crippen LogP contribution in [0.5, 0.6) is 0 Å². The van der Waals surface area contributed by atoms with Gasteiger partial charge in [-0.2, -0.15) is 10.5 Å². The monoisotopic (exact) mass is 240 g/mol. The second-order valence-corrected chi connectivity index (χ2v) is 4.22. The third kappa shape index (κ3) is 3.54. The van der Waals surface area contributed by atoms with E-state index in [4.69, 9.17) is 10.5 Å². The van der Waals surface area contributed by atoms with Gasteiger partial charge >= 0.3 is 0 Å². The molecule has 4 heteroatoms. The number of benzene rings is 1. The number of nitrogens with zero attached hydrogens (tertiary/aromatic N) is 2. The van der Waals surface area contributed by atoms with Gasteiger partial charge in [-0.15, -0.1) is 0 Å². The van der Waals surface area contributed by atoms with E-state index < -0.39 is 0 Å². The van der Waals surface area contributed by atoms with Crippen molar-refractivity contribution in [3.63, 3.8) is 0 Å². The fourth-order valence-corrected chi connectivity index (χ4v) is 1.51. The maximum absolute atomic E-state index is 8.68. The number of para-hydroxylation sites is 1. The Morgan fingerprint density at radius 3 is 2.50 bits per heavy atom. The van der Waals surface area contributed by atoms with Gasteiger partial charge in [-0.3, -0.25) is 0 Å². The van der Waals surface area contributed by atoms with Gasteiger partial charge in [0.15, 0.2) is 0 Å². The highest BCUT2D eigenvalue weighted by Gasteiger charge is 2.05. The molecule has 0 radical (unpaired) electrons. The molecule has 4 nitrogen and oxygen atoms in total. The number of nitriles is 2. The minimum atomic E-state index is 0.0482. The number of rotatable bonds is 4. The van der Waals surface area contributed by atoms with E-state index in [2.05, 4.69) is 24.5 Å². The van der Waals surface area contributed by atoms with Crippen LogP contribution in [0.4, 0.5) is 11.4 Å². The molecule has 0 aliphatic rings. The summed E-state index contributed by atoms with van der Waals surface area (Å²) in [5.74, 6) is 0. The topological polar surface area (TPSA) is 71.6 Å². The Labute approximate surface area is 108 Å². The predicted molar refractivity (Wildman–Crippen MR) is 72.9 cm³/mol. The van der Waals surface area contributed by atoms with Crippen LogP contribution in [-0.4, -0.2) is 6.04 Å². The molecule has 1 aromatic carbocycles. The van der Waals surface area contributed by atoms with Crippen molar-refractivity contribution in [3.8, 4) is 12.1 Å². The van der Waals surface area contributed by atoms with Gasteiger partial charge in [0.2, 0.25) is 0 Å². The summed E-state index contributed by atoms with van der Waals surface area (Å²) in [5.41, 5.74) is 3.00. The number of aryl methyl sites for hydroxylation is 1. The first-order valence-electron chi connectivity index (χ1n) is 5.71. The highest BCUT2D eigenvalue weighted by atomic mass is 15.0. The quantitative estimate of drug-likeness (QED) is 0.793. The normalized spacial score (nSPS) is 9.22. The lowest BCUT2D eigenvalue weighted by Gasteiger charge is -2.17. The molecule has 0 atom stereocenters. The van der Waals surface area contributed by atoms with Crippen LogP contribution in [0, 0.1) is 29.6 Å². The van der Waals surface area contributed by atoms with E-state index in [1.165, 1.54) is 6.20 Å². The summed E-state index contributed by atoms with van der Waals surface area (Å²) in [4.78, 5) is 0. The molecule has 1 aromatic rings. The van der Waals surface area contributed by atoms with Crippen molar-refractivity contribution >= 4 is 11.4 Å². The maximum atomic E-state index is 8.68. The van der Waals surface area contributed by atoms with Crippen LogP contribution < -0.4 is 10.6 Å². The highest BCUT2D eigenvalue weighted by Crippen LogP contribution is 2.26. The molecule has 0 spiro atoms. The maximum Gasteiger partial charge on any atom is 0.145 e. The summed E-state index contributed by atoms with van der Waals surface area (Å²) in [5, 5.41) is 23.7. The van der Waals surface area contributed by atoms with E-state index in [1.807, 2.05) is 37.3 Å². The molecule has 0 heterocycles. The Morgan fingerprint density at radius 2 is 1.94 bits per heavy atom. The van der Waals surface area contributed by atoms with Crippen LogP contribution in [-0.2, 0) is 0 Å². The van der Waals surface area contributed by atoms with Gasteiger partial charge in [0.05, 0.1) is 11.4 Å². The molecule has 92 valence electrons. The van der Waals surface area contributed by atoms with E-state index in [0.717, 1.165) is 16.9 Å². The first kappa shape index (κ1) is 13.6. The number of nitrogens with one attached hydrogen (secondary N) is 2. The molecule has 1 rings (SSSR count). The minimum absolute atomic E-state index is 0.0482. The average Bonchev–Trinajstić information content (AvgIpc) is 2.34. The van der Waals surface area contributed by atoms with Gasteiger partial charge in [-0.1, -0.05) is 12.1 Å². The fourth-order valence-electron chi connectivity index (χ4n) is 1.51. The van der Waals surface area contributed by atoms with Gasteiger partial charge in [0, 0.05) is 12.2 Å². The molecule has 0 bridgehead atoms. The first-order chi connectivity index (χ1) is 8.58. The zero-order chi connectivity index (χ0) is 13.5. The molecule has 0 amide bonds. The molecular formula is C14H16N4. The van der Waals surface area contributed by atoms with E-state index in [0.29, 0.717) is 6.04 Å². The molecule has 18 heavy (non-hydrogen) atoms. The largest absolute Gasteiger partial charge is 0.381 e. The van der Waals surface area contributed by atoms with Gasteiger partial charge in [-0.05, 0) is 32.4 Å². The lowest BCUT2D eigenvalue weighted by Crippen LogP contribution is -2.12. The van der Waals surface area contributed by atoms with E-state index in [1.54, 1.807) is 0 Å². The van der Waals surface area contributed by atoms with E-state index >= 15 is 0 Å². The van der Waals surface area contributed by atoms with Crippen molar-refractivity contribution in [2.24, 2.45) is 0 Å². The lowest BCUT2D eigenvalue weighted by molar-refractivity contribution is 0.898. The Kier molecular flexibility index (Phi) is 4.78. The van der Waals surface area contributed by atoms with Crippen LogP contribution in [0.1, 0.15) is 19.4 Å². The number of allylic oxidation sites excluding steroid dienone is 1. The molecular weight excluding hydrogens is 224 g/mol. The van der Waals surface area contributed by atoms with E-state index in [9.17, 15) is 0 Å². The molecule has 2 N–H and O–H groups in total. The van der Waals surface area contributed by atoms with Crippen LogP contribution in [0.2, 0.25) is 0 Å². The lowest BCUT2D eigenvalue weighted by atomic mass is 10.1. The second kappa shape index (κ2) is 6.32. The number of hydrogen-bond acceptors (Lipinski definition) is 4. The smallest absolute Gasteiger partial charge is 0.145 e. The Balaban J connectivity index is 3.03.